The van der Waals surface area contributed by atoms with Crippen LogP contribution in [0.4, 0.5) is 0 Å². The van der Waals surface area contributed by atoms with Crippen molar-refractivity contribution >= 4 is 11.9 Å². The lowest BCUT2D eigenvalue weighted by Crippen LogP contribution is -2.54. The van der Waals surface area contributed by atoms with E-state index in [1.165, 1.54) is 32.1 Å². The Balaban J connectivity index is 4.46. The van der Waals surface area contributed by atoms with E-state index in [9.17, 15) is 14.7 Å². The highest BCUT2D eigenvalue weighted by Gasteiger charge is 2.33. The van der Waals surface area contributed by atoms with E-state index < -0.39 is 17.6 Å². The Morgan fingerprint density at radius 3 is 2.08 bits per heavy atom. The molecular formula is C19H38N2O3. The highest BCUT2D eigenvalue weighted by Crippen LogP contribution is 2.27. The topological polar surface area (TPSA) is 92.4 Å². The largest absolute Gasteiger partial charge is 0.481 e. The van der Waals surface area contributed by atoms with E-state index in [0.717, 1.165) is 19.3 Å². The summed E-state index contributed by atoms with van der Waals surface area (Å²) in [5, 5.41) is 12.2. The lowest BCUT2D eigenvalue weighted by molar-refractivity contribution is -0.139. The van der Waals surface area contributed by atoms with Crippen molar-refractivity contribution in [3.63, 3.8) is 0 Å². The monoisotopic (exact) mass is 342 g/mol. The second kappa shape index (κ2) is 12.3. The van der Waals surface area contributed by atoms with Crippen molar-refractivity contribution in [3.05, 3.63) is 0 Å². The number of carbonyl (C=O) groups excluding carboxylic acids is 1. The van der Waals surface area contributed by atoms with Crippen molar-refractivity contribution in [1.29, 1.82) is 0 Å². The van der Waals surface area contributed by atoms with E-state index in [-0.39, 0.29) is 18.2 Å². The van der Waals surface area contributed by atoms with Gasteiger partial charge in [-0.25, -0.2) is 0 Å². The highest BCUT2D eigenvalue weighted by molar-refractivity contribution is 5.82. The van der Waals surface area contributed by atoms with Crippen LogP contribution in [-0.4, -0.2) is 28.6 Å². The molecule has 0 spiro atoms. The Hall–Kier alpha value is -1.10. The number of unbranched alkanes of at least 4 members (excludes halogenated alkanes) is 6. The Bertz CT molecular complexity index is 370. The van der Waals surface area contributed by atoms with Crippen molar-refractivity contribution in [1.82, 2.24) is 5.32 Å². The van der Waals surface area contributed by atoms with Gasteiger partial charge in [-0.15, -0.1) is 0 Å². The molecule has 0 fully saturated rings. The molecule has 5 heteroatoms. The Morgan fingerprint density at radius 2 is 1.58 bits per heavy atom. The molecule has 0 saturated heterocycles. The van der Waals surface area contributed by atoms with Gasteiger partial charge < -0.3 is 16.2 Å². The molecule has 4 N–H and O–H groups in total. The number of hydrogen-bond donors (Lipinski definition) is 3. The van der Waals surface area contributed by atoms with Gasteiger partial charge in [0.1, 0.15) is 0 Å². The molecule has 2 atom stereocenters. The fourth-order valence-electron chi connectivity index (χ4n) is 2.97. The molecular weight excluding hydrogens is 304 g/mol. The number of hydrogen-bond acceptors (Lipinski definition) is 3. The van der Waals surface area contributed by atoms with Crippen LogP contribution in [0, 0.1) is 5.92 Å². The Morgan fingerprint density at radius 1 is 1.04 bits per heavy atom. The molecule has 2 unspecified atom stereocenters. The van der Waals surface area contributed by atoms with Gasteiger partial charge in [-0.3, -0.25) is 9.59 Å². The lowest BCUT2D eigenvalue weighted by Gasteiger charge is -2.35. The summed E-state index contributed by atoms with van der Waals surface area (Å²) >= 11 is 0. The van der Waals surface area contributed by atoms with E-state index >= 15 is 0 Å². The first-order chi connectivity index (χ1) is 11.2. The lowest BCUT2D eigenvalue weighted by atomic mass is 9.80. The molecule has 142 valence electrons. The minimum absolute atomic E-state index is 0.0739. The quantitative estimate of drug-likeness (QED) is 0.418. The summed E-state index contributed by atoms with van der Waals surface area (Å²) < 4.78 is 0. The molecule has 0 heterocycles. The first-order valence-electron chi connectivity index (χ1n) is 9.54. The van der Waals surface area contributed by atoms with Gasteiger partial charge in [0.2, 0.25) is 5.91 Å². The van der Waals surface area contributed by atoms with E-state index in [1.807, 2.05) is 20.8 Å². The summed E-state index contributed by atoms with van der Waals surface area (Å²) in [4.78, 5) is 23.3. The predicted molar refractivity (Wildman–Crippen MR) is 98.8 cm³/mol. The number of aliphatic carboxylic acids is 1. The van der Waals surface area contributed by atoms with Crippen LogP contribution < -0.4 is 11.1 Å². The number of nitrogens with one attached hydrogen (secondary N) is 1. The van der Waals surface area contributed by atoms with E-state index in [4.69, 9.17) is 5.73 Å². The molecule has 0 radical (unpaired) electrons. The van der Waals surface area contributed by atoms with Gasteiger partial charge >= 0.3 is 5.97 Å². The molecule has 0 aromatic rings. The number of nitrogens with two attached hydrogens (primary N) is 1. The molecule has 0 aliphatic carbocycles. The average Bonchev–Trinajstić information content (AvgIpc) is 2.51. The van der Waals surface area contributed by atoms with Crippen molar-refractivity contribution in [2.45, 2.75) is 103 Å². The zero-order valence-electron chi connectivity index (χ0n) is 16.1. The standard InChI is InChI=1S/C19H38N2O3/c1-5-7-8-9-10-11-12-13-15(14-17(22)23)19(3,4)21-18(24)16(20)6-2/h15-16H,5-14,20H2,1-4H3,(H,21,24)(H,22,23). The zero-order valence-corrected chi connectivity index (χ0v) is 16.1. The van der Waals surface area contributed by atoms with E-state index in [0.29, 0.717) is 6.42 Å². The normalized spacial score (nSPS) is 14.2. The van der Waals surface area contributed by atoms with Gasteiger partial charge in [-0.2, -0.15) is 0 Å². The molecule has 24 heavy (non-hydrogen) atoms. The Labute approximate surface area is 147 Å². The molecule has 1 amide bonds. The summed E-state index contributed by atoms with van der Waals surface area (Å²) in [6, 6.07) is -0.534. The fourth-order valence-corrected chi connectivity index (χ4v) is 2.97. The van der Waals surface area contributed by atoms with Gasteiger partial charge in [0.25, 0.3) is 0 Å². The van der Waals surface area contributed by atoms with Gasteiger partial charge in [0.15, 0.2) is 0 Å². The maximum Gasteiger partial charge on any atom is 0.303 e. The maximum atomic E-state index is 12.1. The van der Waals surface area contributed by atoms with E-state index in [2.05, 4.69) is 12.2 Å². The molecule has 0 bridgehead atoms. The molecule has 5 nitrogen and oxygen atoms in total. The van der Waals surface area contributed by atoms with E-state index in [1.54, 1.807) is 0 Å². The molecule has 0 aromatic heterocycles. The van der Waals surface area contributed by atoms with Gasteiger partial charge in [0, 0.05) is 5.54 Å². The van der Waals surface area contributed by atoms with Gasteiger partial charge in [-0.05, 0) is 32.6 Å². The highest BCUT2D eigenvalue weighted by atomic mass is 16.4. The Kier molecular flexibility index (Phi) is 11.7. The number of carboxylic acids is 1. The number of rotatable bonds is 14. The number of amides is 1. The van der Waals surface area contributed by atoms with Crippen molar-refractivity contribution in [2.75, 3.05) is 0 Å². The SMILES string of the molecule is CCCCCCCCCC(CC(=O)O)C(C)(C)NC(=O)C(N)CC. The first kappa shape index (κ1) is 22.9. The number of carboxylic acid groups (broad SMARTS) is 1. The molecule has 0 aliphatic rings. The first-order valence-corrected chi connectivity index (χ1v) is 9.54. The molecule has 0 rings (SSSR count). The van der Waals surface area contributed by atoms with Gasteiger partial charge in [0.05, 0.1) is 12.5 Å². The van der Waals surface area contributed by atoms with Crippen molar-refractivity contribution in [3.8, 4) is 0 Å². The fraction of sp³-hybridized carbons (Fsp3) is 0.895. The van der Waals surface area contributed by atoms with Crippen LogP contribution in [0.2, 0.25) is 0 Å². The smallest absolute Gasteiger partial charge is 0.303 e. The van der Waals surface area contributed by atoms with Crippen LogP contribution in [-0.2, 0) is 9.59 Å². The summed E-state index contributed by atoms with van der Waals surface area (Å²) in [5.41, 5.74) is 5.21. The van der Waals surface area contributed by atoms with Crippen LogP contribution in [0.1, 0.15) is 91.9 Å². The predicted octanol–water partition coefficient (Wildman–Crippen LogP) is 3.85. The van der Waals surface area contributed by atoms with Crippen LogP contribution in [0.15, 0.2) is 0 Å². The third kappa shape index (κ3) is 9.91. The van der Waals surface area contributed by atoms with Crippen LogP contribution in [0.25, 0.3) is 0 Å². The van der Waals surface area contributed by atoms with Crippen LogP contribution >= 0.6 is 0 Å². The van der Waals surface area contributed by atoms with Crippen LogP contribution in [0.5, 0.6) is 0 Å². The average molecular weight is 343 g/mol. The third-order valence-electron chi connectivity index (χ3n) is 4.82. The molecule has 0 saturated carbocycles. The summed E-state index contributed by atoms with van der Waals surface area (Å²) in [6.07, 6.45) is 9.86. The molecule has 0 aromatic carbocycles. The molecule has 0 aliphatic heterocycles. The minimum atomic E-state index is -0.815. The third-order valence-corrected chi connectivity index (χ3v) is 4.82. The van der Waals surface area contributed by atoms with Crippen molar-refractivity contribution in [2.24, 2.45) is 11.7 Å². The number of carbonyl (C=O) groups is 2. The maximum absolute atomic E-state index is 12.1. The van der Waals surface area contributed by atoms with Crippen molar-refractivity contribution < 1.29 is 14.7 Å². The van der Waals surface area contributed by atoms with Gasteiger partial charge in [-0.1, -0.05) is 58.8 Å². The van der Waals surface area contributed by atoms with Crippen LogP contribution in [0.3, 0.4) is 0 Å². The minimum Gasteiger partial charge on any atom is -0.481 e. The second-order valence-corrected chi connectivity index (χ2v) is 7.43. The summed E-state index contributed by atoms with van der Waals surface area (Å²) in [5.74, 6) is -1.10. The zero-order chi connectivity index (χ0) is 18.6. The summed E-state index contributed by atoms with van der Waals surface area (Å²) in [7, 11) is 0. The second-order valence-electron chi connectivity index (χ2n) is 7.43. The summed E-state index contributed by atoms with van der Waals surface area (Å²) in [6.45, 7) is 7.88.